The number of thiazole rings is 1. The Balaban J connectivity index is 1.64. The number of hydrogen-bond donors (Lipinski definition) is 0. The lowest BCUT2D eigenvalue weighted by Crippen LogP contribution is -2.30. The zero-order valence-corrected chi connectivity index (χ0v) is 13.8. The molecule has 1 aliphatic rings. The molecule has 0 saturated carbocycles. The molecule has 1 amide bonds. The summed E-state index contributed by atoms with van der Waals surface area (Å²) in [7, 11) is 0. The van der Waals surface area contributed by atoms with Gasteiger partial charge in [-0.2, -0.15) is 5.26 Å². The van der Waals surface area contributed by atoms with Crippen molar-refractivity contribution in [3.05, 3.63) is 64.7 Å². The van der Waals surface area contributed by atoms with Crippen LogP contribution in [0.15, 0.2) is 48.5 Å². The van der Waals surface area contributed by atoms with Gasteiger partial charge in [0.1, 0.15) is 5.01 Å². The van der Waals surface area contributed by atoms with E-state index in [0.29, 0.717) is 11.1 Å². The first-order valence-corrected chi connectivity index (χ1v) is 8.74. The Morgan fingerprint density at radius 3 is 2.75 bits per heavy atom. The zero-order valence-electron chi connectivity index (χ0n) is 13.0. The Hall–Kier alpha value is -2.71. The van der Waals surface area contributed by atoms with Gasteiger partial charge < -0.3 is 4.90 Å². The molecular formula is C19H15N3OS. The van der Waals surface area contributed by atoms with Gasteiger partial charge in [0, 0.05) is 12.1 Å². The van der Waals surface area contributed by atoms with Crippen LogP contribution >= 0.6 is 11.3 Å². The van der Waals surface area contributed by atoms with Crippen LogP contribution in [0.1, 0.15) is 39.8 Å². The summed E-state index contributed by atoms with van der Waals surface area (Å²) >= 11 is 1.67. The molecule has 4 rings (SSSR count). The van der Waals surface area contributed by atoms with Gasteiger partial charge in [-0.1, -0.05) is 12.1 Å². The van der Waals surface area contributed by atoms with Crippen LogP contribution in [0.25, 0.3) is 10.2 Å². The van der Waals surface area contributed by atoms with E-state index in [-0.39, 0.29) is 11.9 Å². The number of carbonyl (C=O) groups is 1. The molecular weight excluding hydrogens is 318 g/mol. The molecule has 5 heteroatoms. The number of hydrogen-bond acceptors (Lipinski definition) is 4. The molecule has 1 saturated heterocycles. The molecule has 0 radical (unpaired) electrons. The summed E-state index contributed by atoms with van der Waals surface area (Å²) in [6.07, 6.45) is 1.93. The molecule has 118 valence electrons. The van der Waals surface area contributed by atoms with Crippen LogP contribution in [-0.2, 0) is 0 Å². The number of rotatable bonds is 2. The van der Waals surface area contributed by atoms with E-state index >= 15 is 0 Å². The maximum absolute atomic E-state index is 12.9. The number of carbonyl (C=O) groups excluding carboxylic acids is 1. The van der Waals surface area contributed by atoms with Gasteiger partial charge in [0.05, 0.1) is 27.9 Å². The Bertz CT molecular complexity index is 906. The molecule has 1 aliphatic heterocycles. The average molecular weight is 333 g/mol. The van der Waals surface area contributed by atoms with Crippen molar-refractivity contribution in [1.29, 1.82) is 5.26 Å². The van der Waals surface area contributed by atoms with Crippen molar-refractivity contribution in [1.82, 2.24) is 9.88 Å². The highest BCUT2D eigenvalue weighted by Gasteiger charge is 2.32. The van der Waals surface area contributed by atoms with Gasteiger partial charge in [-0.15, -0.1) is 11.3 Å². The lowest BCUT2D eigenvalue weighted by molar-refractivity contribution is 0.0735. The van der Waals surface area contributed by atoms with Gasteiger partial charge >= 0.3 is 0 Å². The van der Waals surface area contributed by atoms with Crippen molar-refractivity contribution >= 4 is 27.5 Å². The van der Waals surface area contributed by atoms with E-state index in [4.69, 9.17) is 10.2 Å². The SMILES string of the molecule is N#Cc1ccc(C(=O)N2CCCC2c2nc3ccccc3s2)cc1. The first-order chi connectivity index (χ1) is 11.8. The second kappa shape index (κ2) is 6.06. The highest BCUT2D eigenvalue weighted by Crippen LogP contribution is 2.37. The predicted molar refractivity (Wildman–Crippen MR) is 93.8 cm³/mol. The first-order valence-electron chi connectivity index (χ1n) is 7.93. The van der Waals surface area contributed by atoms with Gasteiger partial charge in [-0.3, -0.25) is 4.79 Å². The number of amides is 1. The molecule has 4 nitrogen and oxygen atoms in total. The van der Waals surface area contributed by atoms with Crippen LogP contribution in [0.5, 0.6) is 0 Å². The largest absolute Gasteiger partial charge is 0.329 e. The standard InChI is InChI=1S/C19H15N3OS/c20-12-13-7-9-14(10-8-13)19(23)22-11-3-5-16(22)18-21-15-4-1-2-6-17(15)24-18/h1-2,4,6-10,16H,3,5,11H2. The zero-order chi connectivity index (χ0) is 16.5. The van der Waals surface area contributed by atoms with E-state index in [1.807, 2.05) is 23.1 Å². The minimum absolute atomic E-state index is 0.0150. The molecule has 1 aromatic heterocycles. The molecule has 0 bridgehead atoms. The smallest absolute Gasteiger partial charge is 0.254 e. The quantitative estimate of drug-likeness (QED) is 0.708. The third kappa shape index (κ3) is 2.55. The van der Waals surface area contributed by atoms with Crippen molar-refractivity contribution in [2.75, 3.05) is 6.54 Å². The minimum Gasteiger partial charge on any atom is -0.329 e. The Kier molecular flexibility index (Phi) is 3.75. The Labute approximate surface area is 144 Å². The number of nitriles is 1. The van der Waals surface area contributed by atoms with E-state index in [9.17, 15) is 4.79 Å². The highest BCUT2D eigenvalue weighted by atomic mass is 32.1. The van der Waals surface area contributed by atoms with Crippen LogP contribution in [0.3, 0.4) is 0 Å². The lowest BCUT2D eigenvalue weighted by atomic mass is 10.1. The molecule has 0 aliphatic carbocycles. The monoisotopic (exact) mass is 333 g/mol. The second-order valence-electron chi connectivity index (χ2n) is 5.87. The predicted octanol–water partition coefficient (Wildman–Crippen LogP) is 4.15. The molecule has 1 atom stereocenters. The van der Waals surface area contributed by atoms with E-state index in [2.05, 4.69) is 12.1 Å². The number of para-hydroxylation sites is 1. The summed E-state index contributed by atoms with van der Waals surface area (Å²) in [6.45, 7) is 0.749. The summed E-state index contributed by atoms with van der Waals surface area (Å²) in [6, 6.07) is 17.0. The van der Waals surface area contributed by atoms with Crippen molar-refractivity contribution in [3.63, 3.8) is 0 Å². The van der Waals surface area contributed by atoms with Crippen LogP contribution < -0.4 is 0 Å². The molecule has 0 N–H and O–H groups in total. The van der Waals surface area contributed by atoms with Crippen LogP contribution in [0.2, 0.25) is 0 Å². The van der Waals surface area contributed by atoms with Crippen molar-refractivity contribution in [2.24, 2.45) is 0 Å². The summed E-state index contributed by atoms with van der Waals surface area (Å²) in [5.41, 5.74) is 2.19. The number of benzene rings is 2. The van der Waals surface area contributed by atoms with Gasteiger partial charge in [-0.25, -0.2) is 4.98 Å². The number of fused-ring (bicyclic) bond motifs is 1. The topological polar surface area (TPSA) is 57.0 Å². The Morgan fingerprint density at radius 2 is 2.00 bits per heavy atom. The van der Waals surface area contributed by atoms with Crippen LogP contribution in [-0.4, -0.2) is 22.3 Å². The van der Waals surface area contributed by atoms with Gasteiger partial charge in [-0.05, 0) is 49.2 Å². The first kappa shape index (κ1) is 14.9. The lowest BCUT2D eigenvalue weighted by Gasteiger charge is -2.23. The van der Waals surface area contributed by atoms with Crippen molar-refractivity contribution in [3.8, 4) is 6.07 Å². The van der Waals surface area contributed by atoms with Crippen molar-refractivity contribution in [2.45, 2.75) is 18.9 Å². The normalized spacial score (nSPS) is 17.1. The number of likely N-dealkylation sites (tertiary alicyclic amines) is 1. The minimum atomic E-state index is 0.0150. The maximum Gasteiger partial charge on any atom is 0.254 e. The third-order valence-corrected chi connectivity index (χ3v) is 5.51. The average Bonchev–Trinajstić information content (AvgIpc) is 3.27. The molecule has 2 aromatic carbocycles. The van der Waals surface area contributed by atoms with E-state index in [1.165, 1.54) is 0 Å². The molecule has 0 spiro atoms. The molecule has 24 heavy (non-hydrogen) atoms. The van der Waals surface area contributed by atoms with Crippen LogP contribution in [0, 0.1) is 11.3 Å². The molecule has 1 unspecified atom stereocenters. The van der Waals surface area contributed by atoms with Crippen molar-refractivity contribution < 1.29 is 4.79 Å². The maximum atomic E-state index is 12.9. The summed E-state index contributed by atoms with van der Waals surface area (Å²) < 4.78 is 1.16. The summed E-state index contributed by atoms with van der Waals surface area (Å²) in [5.74, 6) is 0.0150. The summed E-state index contributed by atoms with van der Waals surface area (Å²) in [5, 5.41) is 9.90. The molecule has 3 aromatic rings. The second-order valence-corrected chi connectivity index (χ2v) is 6.93. The highest BCUT2D eigenvalue weighted by molar-refractivity contribution is 7.18. The number of nitrogens with zero attached hydrogens (tertiary/aromatic N) is 3. The van der Waals surface area contributed by atoms with E-state index in [0.717, 1.165) is 34.6 Å². The summed E-state index contributed by atoms with van der Waals surface area (Å²) in [4.78, 5) is 19.5. The van der Waals surface area contributed by atoms with E-state index in [1.54, 1.807) is 35.6 Å². The fraction of sp³-hybridized carbons (Fsp3) is 0.211. The third-order valence-electron chi connectivity index (χ3n) is 4.37. The van der Waals surface area contributed by atoms with Gasteiger partial charge in [0.2, 0.25) is 0 Å². The molecule has 1 fully saturated rings. The Morgan fingerprint density at radius 1 is 1.21 bits per heavy atom. The van der Waals surface area contributed by atoms with Crippen LogP contribution in [0.4, 0.5) is 0 Å². The fourth-order valence-corrected chi connectivity index (χ4v) is 4.27. The fourth-order valence-electron chi connectivity index (χ4n) is 3.15. The molecule has 2 heterocycles. The van der Waals surface area contributed by atoms with E-state index < -0.39 is 0 Å². The van der Waals surface area contributed by atoms with Gasteiger partial charge in [0.15, 0.2) is 0 Å². The number of aromatic nitrogens is 1. The van der Waals surface area contributed by atoms with Gasteiger partial charge in [0.25, 0.3) is 5.91 Å².